The first-order valence-corrected chi connectivity index (χ1v) is 8.85. The zero-order valence-electron chi connectivity index (χ0n) is 12.1. The Morgan fingerprint density at radius 1 is 1.32 bits per heavy atom. The Morgan fingerprint density at radius 2 is 1.91 bits per heavy atom. The minimum Gasteiger partial charge on any atom is -0.366 e. The van der Waals surface area contributed by atoms with Crippen molar-refractivity contribution in [2.75, 3.05) is 20.1 Å². The number of nitrogens with one attached hydrogen (secondary N) is 1. The van der Waals surface area contributed by atoms with E-state index in [9.17, 15) is 13.2 Å². The summed E-state index contributed by atoms with van der Waals surface area (Å²) in [7, 11) is -1.73. The summed E-state index contributed by atoms with van der Waals surface area (Å²) < 4.78 is 27.3. The molecule has 1 aromatic rings. The highest BCUT2D eigenvalue weighted by Gasteiger charge is 2.29. The highest BCUT2D eigenvalue weighted by atomic mass is 79.9. The van der Waals surface area contributed by atoms with Gasteiger partial charge in [0.15, 0.2) is 0 Å². The van der Waals surface area contributed by atoms with Crippen molar-refractivity contribution in [3.05, 3.63) is 28.2 Å². The van der Waals surface area contributed by atoms with E-state index < -0.39 is 15.9 Å². The van der Waals surface area contributed by atoms with Crippen molar-refractivity contribution < 1.29 is 13.2 Å². The number of carbonyl (C=O) groups is 1. The van der Waals surface area contributed by atoms with E-state index in [-0.39, 0.29) is 22.9 Å². The Balaban J connectivity index is 0.00000242. The number of amides is 1. The molecule has 0 radical (unpaired) electrons. The van der Waals surface area contributed by atoms with Crippen molar-refractivity contribution >= 4 is 44.3 Å². The molecule has 6 nitrogen and oxygen atoms in total. The van der Waals surface area contributed by atoms with Crippen LogP contribution in [0.15, 0.2) is 27.6 Å². The molecule has 3 N–H and O–H groups in total. The van der Waals surface area contributed by atoms with Gasteiger partial charge in [-0.3, -0.25) is 4.79 Å². The lowest BCUT2D eigenvalue weighted by Crippen LogP contribution is -2.43. The van der Waals surface area contributed by atoms with Crippen LogP contribution in [0.25, 0.3) is 0 Å². The molecular weight excluding hydrogens is 394 g/mol. The van der Waals surface area contributed by atoms with Crippen molar-refractivity contribution in [2.24, 2.45) is 5.73 Å². The standard InChI is InChI=1S/C13H18BrN3O3S.ClH/c1-16-11-2-4-17(5-3-11)21(19,20)12-7-9(13(15)18)6-10(14)8-12;/h6-8,11,16H,2-5H2,1H3,(H2,15,18);1H. The zero-order chi connectivity index (χ0) is 15.6. The van der Waals surface area contributed by atoms with E-state index in [1.54, 1.807) is 0 Å². The lowest BCUT2D eigenvalue weighted by atomic mass is 10.1. The first-order valence-electron chi connectivity index (χ1n) is 6.62. The van der Waals surface area contributed by atoms with Crippen LogP contribution < -0.4 is 11.1 Å². The Kier molecular flexibility index (Phi) is 6.82. The zero-order valence-corrected chi connectivity index (χ0v) is 15.3. The molecule has 0 aromatic heterocycles. The Labute approximate surface area is 145 Å². The van der Waals surface area contributed by atoms with E-state index in [1.165, 1.54) is 22.5 Å². The Hall–Kier alpha value is -0.670. The van der Waals surface area contributed by atoms with Gasteiger partial charge in [0.05, 0.1) is 4.90 Å². The van der Waals surface area contributed by atoms with E-state index in [2.05, 4.69) is 21.2 Å². The van der Waals surface area contributed by atoms with Gasteiger partial charge in [0.25, 0.3) is 0 Å². The average Bonchev–Trinajstić information content (AvgIpc) is 2.46. The van der Waals surface area contributed by atoms with Crippen LogP contribution in [0.1, 0.15) is 23.2 Å². The number of hydrogen-bond donors (Lipinski definition) is 2. The largest absolute Gasteiger partial charge is 0.366 e. The van der Waals surface area contributed by atoms with Crippen molar-refractivity contribution in [3.8, 4) is 0 Å². The fourth-order valence-electron chi connectivity index (χ4n) is 2.39. The van der Waals surface area contributed by atoms with Gasteiger partial charge in [-0.05, 0) is 38.1 Å². The first kappa shape index (κ1) is 19.4. The molecule has 22 heavy (non-hydrogen) atoms. The molecule has 0 saturated carbocycles. The van der Waals surface area contributed by atoms with E-state index in [1.807, 2.05) is 7.05 Å². The summed E-state index contributed by atoms with van der Waals surface area (Å²) >= 11 is 3.22. The summed E-state index contributed by atoms with van der Waals surface area (Å²) in [5.74, 6) is -0.651. The Bertz CT molecular complexity index is 646. The molecule has 1 aliphatic rings. The minimum absolute atomic E-state index is 0. The van der Waals surface area contributed by atoms with Crippen molar-refractivity contribution in [3.63, 3.8) is 0 Å². The number of primary amides is 1. The summed E-state index contributed by atoms with van der Waals surface area (Å²) in [5.41, 5.74) is 5.41. The van der Waals surface area contributed by atoms with Crippen LogP contribution in [0.4, 0.5) is 0 Å². The summed E-state index contributed by atoms with van der Waals surface area (Å²) in [6.45, 7) is 0.929. The highest BCUT2D eigenvalue weighted by Crippen LogP contribution is 2.24. The maximum atomic E-state index is 12.6. The molecule has 124 valence electrons. The molecule has 1 fully saturated rings. The lowest BCUT2D eigenvalue weighted by Gasteiger charge is -2.31. The summed E-state index contributed by atoms with van der Waals surface area (Å²) in [6.07, 6.45) is 1.54. The molecule has 1 aromatic carbocycles. The number of hydrogen-bond acceptors (Lipinski definition) is 4. The number of carbonyl (C=O) groups excluding carboxylic acids is 1. The number of halogens is 2. The van der Waals surface area contributed by atoms with Gasteiger partial charge >= 0.3 is 0 Å². The van der Waals surface area contributed by atoms with Gasteiger partial charge in [0, 0.05) is 29.2 Å². The van der Waals surface area contributed by atoms with E-state index in [0.29, 0.717) is 23.6 Å². The predicted molar refractivity (Wildman–Crippen MR) is 90.7 cm³/mol. The second-order valence-electron chi connectivity index (χ2n) is 5.01. The number of nitrogens with two attached hydrogens (primary N) is 1. The predicted octanol–water partition coefficient (Wildman–Crippen LogP) is 1.34. The van der Waals surface area contributed by atoms with Crippen LogP contribution in [-0.4, -0.2) is 44.8 Å². The third-order valence-corrected chi connectivity index (χ3v) is 5.99. The number of nitrogens with zero attached hydrogens (tertiary/aromatic N) is 1. The van der Waals surface area contributed by atoms with Crippen LogP contribution in [0.5, 0.6) is 0 Å². The van der Waals surface area contributed by atoms with Gasteiger partial charge in [-0.1, -0.05) is 15.9 Å². The summed E-state index contributed by atoms with van der Waals surface area (Å²) in [4.78, 5) is 11.4. The third-order valence-electron chi connectivity index (χ3n) is 3.66. The van der Waals surface area contributed by atoms with Crippen molar-refractivity contribution in [2.45, 2.75) is 23.8 Å². The normalized spacial score (nSPS) is 17.0. The van der Waals surface area contributed by atoms with Crippen molar-refractivity contribution in [1.29, 1.82) is 0 Å². The van der Waals surface area contributed by atoms with Crippen LogP contribution in [0.2, 0.25) is 0 Å². The maximum absolute atomic E-state index is 12.6. The fraction of sp³-hybridized carbons (Fsp3) is 0.462. The molecule has 0 spiro atoms. The second kappa shape index (κ2) is 7.74. The van der Waals surface area contributed by atoms with Gasteiger partial charge in [-0.2, -0.15) is 4.31 Å². The molecule has 0 unspecified atom stereocenters. The smallest absolute Gasteiger partial charge is 0.248 e. The van der Waals surface area contributed by atoms with Crippen LogP contribution in [-0.2, 0) is 10.0 Å². The van der Waals surface area contributed by atoms with E-state index in [4.69, 9.17) is 5.73 Å². The molecule has 0 atom stereocenters. The average molecular weight is 413 g/mol. The van der Waals surface area contributed by atoms with Crippen LogP contribution in [0.3, 0.4) is 0 Å². The minimum atomic E-state index is -3.60. The highest BCUT2D eigenvalue weighted by molar-refractivity contribution is 9.10. The number of rotatable bonds is 4. The van der Waals surface area contributed by atoms with E-state index >= 15 is 0 Å². The molecule has 1 heterocycles. The lowest BCUT2D eigenvalue weighted by molar-refractivity contribution is 0.1000. The molecule has 2 rings (SSSR count). The fourth-order valence-corrected chi connectivity index (χ4v) is 4.57. The molecular formula is C13H19BrClN3O3S. The topological polar surface area (TPSA) is 92.5 Å². The van der Waals surface area contributed by atoms with Gasteiger partial charge in [-0.25, -0.2) is 8.42 Å². The van der Waals surface area contributed by atoms with Gasteiger partial charge in [0.1, 0.15) is 0 Å². The van der Waals surface area contributed by atoms with E-state index in [0.717, 1.165) is 12.8 Å². The molecule has 1 saturated heterocycles. The molecule has 0 bridgehead atoms. The van der Waals surface area contributed by atoms with Crippen LogP contribution >= 0.6 is 28.3 Å². The molecule has 0 aliphatic carbocycles. The van der Waals surface area contributed by atoms with Gasteiger partial charge < -0.3 is 11.1 Å². The first-order chi connectivity index (χ1) is 9.84. The molecule has 1 amide bonds. The third kappa shape index (κ3) is 4.20. The van der Waals surface area contributed by atoms with Crippen LogP contribution in [0, 0.1) is 0 Å². The quantitative estimate of drug-likeness (QED) is 0.780. The van der Waals surface area contributed by atoms with Gasteiger partial charge in [-0.15, -0.1) is 12.4 Å². The number of piperidine rings is 1. The molecule has 1 aliphatic heterocycles. The SMILES string of the molecule is CNC1CCN(S(=O)(=O)c2cc(Br)cc(C(N)=O)c2)CC1.Cl. The molecule has 9 heteroatoms. The maximum Gasteiger partial charge on any atom is 0.248 e. The Morgan fingerprint density at radius 3 is 2.41 bits per heavy atom. The summed E-state index contributed by atoms with van der Waals surface area (Å²) in [6, 6.07) is 4.67. The monoisotopic (exact) mass is 411 g/mol. The number of sulfonamides is 1. The summed E-state index contributed by atoms with van der Waals surface area (Å²) in [5, 5.41) is 3.16. The number of benzene rings is 1. The van der Waals surface area contributed by atoms with Crippen molar-refractivity contribution in [1.82, 2.24) is 9.62 Å². The van der Waals surface area contributed by atoms with Gasteiger partial charge in [0.2, 0.25) is 15.9 Å². The second-order valence-corrected chi connectivity index (χ2v) is 7.86.